The second-order valence-corrected chi connectivity index (χ2v) is 3.43. The Balaban J connectivity index is 2.99. The maximum absolute atomic E-state index is 9.85. The Morgan fingerprint density at radius 3 is 2.57 bits per heavy atom. The van der Waals surface area contributed by atoms with Gasteiger partial charge in [0, 0.05) is 5.56 Å². The summed E-state index contributed by atoms with van der Waals surface area (Å²) < 4.78 is 5.16. The molecule has 0 aliphatic heterocycles. The van der Waals surface area contributed by atoms with E-state index in [1.54, 1.807) is 13.2 Å². The normalized spacial score (nSPS) is 12.0. The summed E-state index contributed by atoms with van der Waals surface area (Å²) in [5, 5.41) is 9.85. The Kier molecular flexibility index (Phi) is 3.72. The molecule has 76 valence electrons. The van der Waals surface area contributed by atoms with Gasteiger partial charge in [-0.1, -0.05) is 29.8 Å². The maximum Gasteiger partial charge on any atom is 0.124 e. The van der Waals surface area contributed by atoms with Crippen LogP contribution in [0.15, 0.2) is 35.9 Å². The zero-order valence-corrected chi connectivity index (χ0v) is 8.82. The van der Waals surface area contributed by atoms with Crippen LogP contribution in [0.5, 0.6) is 5.75 Å². The van der Waals surface area contributed by atoms with E-state index >= 15 is 0 Å². The van der Waals surface area contributed by atoms with Crippen molar-refractivity contribution in [3.63, 3.8) is 0 Å². The van der Waals surface area contributed by atoms with Gasteiger partial charge in [0.2, 0.25) is 0 Å². The van der Waals surface area contributed by atoms with Crippen molar-refractivity contribution >= 4 is 0 Å². The van der Waals surface area contributed by atoms with Gasteiger partial charge < -0.3 is 9.84 Å². The number of hydrogen-bond acceptors (Lipinski definition) is 2. The summed E-state index contributed by atoms with van der Waals surface area (Å²) >= 11 is 0. The minimum atomic E-state index is -0.587. The van der Waals surface area contributed by atoms with Crippen molar-refractivity contribution in [2.75, 3.05) is 7.11 Å². The predicted molar refractivity (Wildman–Crippen MR) is 57.4 cm³/mol. The molecule has 1 rings (SSSR count). The molecule has 0 saturated heterocycles. The Labute approximate surface area is 84.8 Å². The minimum absolute atomic E-state index is 0.587. The SMILES string of the molecule is COc1ccccc1C(O)C=C(C)C. The molecule has 1 atom stereocenters. The second kappa shape index (κ2) is 4.82. The zero-order valence-electron chi connectivity index (χ0n) is 8.82. The molecule has 2 heteroatoms. The van der Waals surface area contributed by atoms with Gasteiger partial charge in [0.25, 0.3) is 0 Å². The van der Waals surface area contributed by atoms with E-state index in [1.807, 2.05) is 38.1 Å². The number of methoxy groups -OCH3 is 1. The maximum atomic E-state index is 9.85. The summed E-state index contributed by atoms with van der Waals surface area (Å²) in [6.45, 7) is 3.91. The Hall–Kier alpha value is -1.28. The molecule has 0 spiro atoms. The van der Waals surface area contributed by atoms with Crippen molar-refractivity contribution in [1.82, 2.24) is 0 Å². The smallest absolute Gasteiger partial charge is 0.124 e. The van der Waals surface area contributed by atoms with Gasteiger partial charge in [0.05, 0.1) is 7.11 Å². The first-order valence-corrected chi connectivity index (χ1v) is 4.61. The Morgan fingerprint density at radius 2 is 2.00 bits per heavy atom. The van der Waals surface area contributed by atoms with Gasteiger partial charge >= 0.3 is 0 Å². The van der Waals surface area contributed by atoms with E-state index in [1.165, 1.54) is 0 Å². The lowest BCUT2D eigenvalue weighted by atomic mass is 10.1. The molecule has 0 fully saturated rings. The van der Waals surface area contributed by atoms with Gasteiger partial charge in [0.15, 0.2) is 0 Å². The lowest BCUT2D eigenvalue weighted by Gasteiger charge is -2.11. The monoisotopic (exact) mass is 192 g/mol. The summed E-state index contributed by atoms with van der Waals surface area (Å²) in [4.78, 5) is 0. The fraction of sp³-hybridized carbons (Fsp3) is 0.333. The first-order valence-electron chi connectivity index (χ1n) is 4.61. The molecule has 1 N–H and O–H groups in total. The number of ether oxygens (including phenoxy) is 1. The van der Waals surface area contributed by atoms with Crippen LogP contribution in [0.1, 0.15) is 25.5 Å². The molecule has 14 heavy (non-hydrogen) atoms. The number of para-hydroxylation sites is 1. The number of allylic oxidation sites excluding steroid dienone is 1. The van der Waals surface area contributed by atoms with Gasteiger partial charge in [-0.15, -0.1) is 0 Å². The van der Waals surface area contributed by atoms with Gasteiger partial charge in [0.1, 0.15) is 11.9 Å². The van der Waals surface area contributed by atoms with Crippen molar-refractivity contribution in [1.29, 1.82) is 0 Å². The van der Waals surface area contributed by atoms with Crippen molar-refractivity contribution in [2.24, 2.45) is 0 Å². The summed E-state index contributed by atoms with van der Waals surface area (Å²) in [7, 11) is 1.61. The van der Waals surface area contributed by atoms with Crippen molar-refractivity contribution in [2.45, 2.75) is 20.0 Å². The second-order valence-electron chi connectivity index (χ2n) is 3.43. The number of aliphatic hydroxyl groups is 1. The van der Waals surface area contributed by atoms with E-state index < -0.39 is 6.10 Å². The highest BCUT2D eigenvalue weighted by molar-refractivity contribution is 5.37. The van der Waals surface area contributed by atoms with Crippen LogP contribution in [0.25, 0.3) is 0 Å². The van der Waals surface area contributed by atoms with Gasteiger partial charge in [-0.25, -0.2) is 0 Å². The molecular formula is C12H16O2. The van der Waals surface area contributed by atoms with E-state index in [0.717, 1.165) is 16.9 Å². The van der Waals surface area contributed by atoms with Gasteiger partial charge in [-0.2, -0.15) is 0 Å². The minimum Gasteiger partial charge on any atom is -0.496 e. The molecule has 2 nitrogen and oxygen atoms in total. The van der Waals surface area contributed by atoms with Crippen LogP contribution < -0.4 is 4.74 Å². The average Bonchev–Trinajstić information content (AvgIpc) is 2.16. The fourth-order valence-corrected chi connectivity index (χ4v) is 1.32. The summed E-state index contributed by atoms with van der Waals surface area (Å²) in [6, 6.07) is 7.48. The third kappa shape index (κ3) is 2.60. The van der Waals surface area contributed by atoms with E-state index in [-0.39, 0.29) is 0 Å². The number of rotatable bonds is 3. The van der Waals surface area contributed by atoms with Crippen LogP contribution in [0.2, 0.25) is 0 Å². The predicted octanol–water partition coefficient (Wildman–Crippen LogP) is 2.69. The number of aliphatic hydroxyl groups excluding tert-OH is 1. The molecule has 0 heterocycles. The van der Waals surface area contributed by atoms with E-state index in [2.05, 4.69) is 0 Å². The lowest BCUT2D eigenvalue weighted by Crippen LogP contribution is -1.97. The van der Waals surface area contributed by atoms with Crippen LogP contribution >= 0.6 is 0 Å². The molecule has 0 aromatic heterocycles. The molecule has 0 aliphatic rings. The van der Waals surface area contributed by atoms with Gasteiger partial charge in [-0.05, 0) is 19.9 Å². The molecule has 1 aromatic carbocycles. The molecule has 0 amide bonds. The topological polar surface area (TPSA) is 29.5 Å². The van der Waals surface area contributed by atoms with Crippen molar-refractivity contribution < 1.29 is 9.84 Å². The fourth-order valence-electron chi connectivity index (χ4n) is 1.32. The molecule has 1 aromatic rings. The highest BCUT2D eigenvalue weighted by atomic mass is 16.5. The largest absolute Gasteiger partial charge is 0.496 e. The van der Waals surface area contributed by atoms with Crippen LogP contribution in [-0.2, 0) is 0 Å². The molecule has 0 saturated carbocycles. The molecule has 0 aliphatic carbocycles. The standard InChI is InChI=1S/C12H16O2/c1-9(2)8-11(13)10-6-4-5-7-12(10)14-3/h4-8,11,13H,1-3H3. The van der Waals surface area contributed by atoms with Crippen LogP contribution in [0.4, 0.5) is 0 Å². The summed E-state index contributed by atoms with van der Waals surface area (Å²) in [6.07, 6.45) is 1.22. The Morgan fingerprint density at radius 1 is 1.36 bits per heavy atom. The van der Waals surface area contributed by atoms with Gasteiger partial charge in [-0.3, -0.25) is 0 Å². The molecule has 0 radical (unpaired) electrons. The number of benzene rings is 1. The molecule has 0 bridgehead atoms. The first-order chi connectivity index (χ1) is 6.65. The Bertz CT molecular complexity index is 325. The molecular weight excluding hydrogens is 176 g/mol. The van der Waals surface area contributed by atoms with Crippen LogP contribution in [0.3, 0.4) is 0 Å². The highest BCUT2D eigenvalue weighted by Gasteiger charge is 2.09. The molecule has 1 unspecified atom stereocenters. The quantitative estimate of drug-likeness (QED) is 0.746. The van der Waals surface area contributed by atoms with E-state index in [4.69, 9.17) is 4.74 Å². The lowest BCUT2D eigenvalue weighted by molar-refractivity contribution is 0.222. The third-order valence-electron chi connectivity index (χ3n) is 1.95. The summed E-state index contributed by atoms with van der Waals surface area (Å²) in [5.74, 6) is 0.720. The highest BCUT2D eigenvalue weighted by Crippen LogP contribution is 2.25. The first kappa shape index (κ1) is 10.8. The van der Waals surface area contributed by atoms with E-state index in [0.29, 0.717) is 0 Å². The number of hydrogen-bond donors (Lipinski definition) is 1. The van der Waals surface area contributed by atoms with Crippen molar-refractivity contribution in [3.05, 3.63) is 41.5 Å². The average molecular weight is 192 g/mol. The van der Waals surface area contributed by atoms with Crippen molar-refractivity contribution in [3.8, 4) is 5.75 Å². The van der Waals surface area contributed by atoms with E-state index in [9.17, 15) is 5.11 Å². The van der Waals surface area contributed by atoms with Crippen LogP contribution in [-0.4, -0.2) is 12.2 Å². The zero-order chi connectivity index (χ0) is 10.6. The third-order valence-corrected chi connectivity index (χ3v) is 1.95. The van der Waals surface area contributed by atoms with Crippen LogP contribution in [0, 0.1) is 0 Å². The summed E-state index contributed by atoms with van der Waals surface area (Å²) in [5.41, 5.74) is 1.89.